The third-order valence-electron chi connectivity index (χ3n) is 3.41. The van der Waals surface area contributed by atoms with Crippen LogP contribution in [-0.4, -0.2) is 29.7 Å². The predicted octanol–water partition coefficient (Wildman–Crippen LogP) is 1.93. The van der Waals surface area contributed by atoms with Gasteiger partial charge < -0.3 is 4.57 Å². The van der Waals surface area contributed by atoms with Gasteiger partial charge in [-0.25, -0.2) is 17.5 Å². The average Bonchev–Trinajstić information content (AvgIpc) is 3.18. The predicted molar refractivity (Wildman–Crippen MR) is 78.6 cm³/mol. The number of rotatable bonds is 6. The lowest BCUT2D eigenvalue weighted by Gasteiger charge is -2.08. The van der Waals surface area contributed by atoms with E-state index < -0.39 is 20.7 Å². The topological polar surface area (TPSA) is 76.9 Å². The van der Waals surface area contributed by atoms with Gasteiger partial charge in [0, 0.05) is 24.0 Å². The van der Waals surface area contributed by atoms with Crippen molar-refractivity contribution in [2.75, 3.05) is 6.54 Å². The Morgan fingerprint density at radius 2 is 2.18 bits per heavy atom. The molecule has 0 amide bonds. The van der Waals surface area contributed by atoms with Crippen LogP contribution in [0.4, 0.5) is 4.39 Å². The zero-order valence-electron chi connectivity index (χ0n) is 11.5. The fourth-order valence-corrected chi connectivity index (χ4v) is 3.42. The number of nitrogens with zero attached hydrogens (tertiary/aromatic N) is 3. The molecule has 0 radical (unpaired) electrons. The molecule has 6 nitrogen and oxygen atoms in total. The van der Waals surface area contributed by atoms with Crippen LogP contribution < -0.4 is 4.72 Å². The Morgan fingerprint density at radius 1 is 1.41 bits per heavy atom. The van der Waals surface area contributed by atoms with Crippen molar-refractivity contribution in [3.63, 3.8) is 0 Å². The molecule has 3 rings (SSSR count). The lowest BCUT2D eigenvalue weighted by molar-refractivity contribution is 0.555. The number of nitrogens with one attached hydrogen (secondary N) is 1. The van der Waals surface area contributed by atoms with Crippen LogP contribution in [-0.2, 0) is 16.4 Å². The first-order valence-corrected chi connectivity index (χ1v) is 8.66. The van der Waals surface area contributed by atoms with Crippen LogP contribution in [0.25, 0.3) is 0 Å². The minimum Gasteiger partial charge on any atom is -0.314 e. The van der Waals surface area contributed by atoms with Crippen molar-refractivity contribution in [1.29, 1.82) is 0 Å². The maximum Gasteiger partial charge on any atom is 0.243 e. The Hall–Kier alpha value is -1.51. The van der Waals surface area contributed by atoms with Gasteiger partial charge >= 0.3 is 0 Å². The van der Waals surface area contributed by atoms with E-state index in [1.165, 1.54) is 6.07 Å². The maximum absolute atomic E-state index is 13.7. The third kappa shape index (κ3) is 3.29. The molecule has 1 aliphatic rings. The van der Waals surface area contributed by atoms with E-state index in [0.717, 1.165) is 30.8 Å². The lowest BCUT2D eigenvalue weighted by atomic mass is 10.3. The summed E-state index contributed by atoms with van der Waals surface area (Å²) in [7, 11) is -3.92. The molecule has 1 aromatic heterocycles. The molecule has 22 heavy (non-hydrogen) atoms. The van der Waals surface area contributed by atoms with E-state index in [1.807, 2.05) is 4.57 Å². The summed E-state index contributed by atoms with van der Waals surface area (Å²) in [5.74, 6) is -0.150. The number of hydrogen-bond donors (Lipinski definition) is 1. The van der Waals surface area contributed by atoms with E-state index in [9.17, 15) is 12.8 Å². The summed E-state index contributed by atoms with van der Waals surface area (Å²) in [5.41, 5.74) is 0. The molecular weight excluding hydrogens is 331 g/mol. The van der Waals surface area contributed by atoms with Gasteiger partial charge in [0.15, 0.2) is 0 Å². The number of sulfonamides is 1. The molecule has 1 N–H and O–H groups in total. The highest BCUT2D eigenvalue weighted by atomic mass is 35.5. The number of hydrogen-bond acceptors (Lipinski definition) is 4. The smallest absolute Gasteiger partial charge is 0.243 e. The molecular formula is C13H14ClFN4O2S. The third-order valence-corrected chi connectivity index (χ3v) is 5.14. The average molecular weight is 345 g/mol. The van der Waals surface area contributed by atoms with Gasteiger partial charge in [-0.2, -0.15) is 0 Å². The van der Waals surface area contributed by atoms with Crippen LogP contribution in [0.5, 0.6) is 0 Å². The second-order valence-electron chi connectivity index (χ2n) is 5.11. The van der Waals surface area contributed by atoms with Crippen molar-refractivity contribution >= 4 is 21.6 Å². The van der Waals surface area contributed by atoms with Crippen LogP contribution in [0, 0.1) is 5.82 Å². The van der Waals surface area contributed by atoms with Crippen molar-refractivity contribution in [1.82, 2.24) is 19.5 Å². The molecule has 0 atom stereocenters. The molecule has 0 spiro atoms. The second-order valence-corrected chi connectivity index (χ2v) is 7.28. The highest BCUT2D eigenvalue weighted by Crippen LogP contribution is 2.35. The van der Waals surface area contributed by atoms with Gasteiger partial charge in [0.05, 0.1) is 0 Å². The quantitative estimate of drug-likeness (QED) is 0.868. The summed E-state index contributed by atoms with van der Waals surface area (Å²) in [4.78, 5) is -0.416. The molecule has 0 saturated heterocycles. The number of benzene rings is 1. The fourth-order valence-electron chi connectivity index (χ4n) is 2.17. The molecule has 0 unspecified atom stereocenters. The molecule has 1 heterocycles. The zero-order chi connectivity index (χ0) is 15.7. The molecule has 0 aliphatic heterocycles. The van der Waals surface area contributed by atoms with Gasteiger partial charge in [0.25, 0.3) is 0 Å². The molecule has 1 aromatic carbocycles. The van der Waals surface area contributed by atoms with Gasteiger partial charge in [-0.05, 0) is 31.0 Å². The maximum atomic E-state index is 13.7. The monoisotopic (exact) mass is 344 g/mol. The Labute approximate surface area is 132 Å². The molecule has 2 aromatic rings. The second kappa shape index (κ2) is 5.94. The van der Waals surface area contributed by atoms with Crippen molar-refractivity contribution < 1.29 is 12.8 Å². The molecule has 9 heteroatoms. The van der Waals surface area contributed by atoms with Crippen molar-refractivity contribution in [3.8, 4) is 0 Å². The van der Waals surface area contributed by atoms with Crippen LogP contribution in [0.2, 0.25) is 5.02 Å². The minimum absolute atomic E-state index is 0.121. The van der Waals surface area contributed by atoms with Crippen LogP contribution in [0.3, 0.4) is 0 Å². The Balaban J connectivity index is 1.66. The summed E-state index contributed by atoms with van der Waals surface area (Å²) in [6, 6.07) is 3.88. The summed E-state index contributed by atoms with van der Waals surface area (Å²) >= 11 is 5.62. The summed E-state index contributed by atoms with van der Waals surface area (Å²) in [6.07, 6.45) is 4.23. The Kier molecular flexibility index (Phi) is 4.16. The molecule has 118 valence electrons. The first-order chi connectivity index (χ1) is 10.5. The van der Waals surface area contributed by atoms with Gasteiger partial charge in [-0.15, -0.1) is 10.2 Å². The summed E-state index contributed by atoms with van der Waals surface area (Å²) < 4.78 is 42.2. The highest BCUT2D eigenvalue weighted by Gasteiger charge is 2.26. The molecule has 1 aliphatic carbocycles. The van der Waals surface area contributed by atoms with Gasteiger partial charge in [0.2, 0.25) is 10.0 Å². The van der Waals surface area contributed by atoms with Crippen LogP contribution >= 0.6 is 11.6 Å². The Morgan fingerprint density at radius 3 is 2.86 bits per heavy atom. The van der Waals surface area contributed by atoms with Crippen molar-refractivity contribution in [2.45, 2.75) is 30.2 Å². The molecule has 1 fully saturated rings. The highest BCUT2D eigenvalue weighted by molar-refractivity contribution is 7.89. The standard InChI is InChI=1S/C13H14ClFN4O2S/c14-9-1-4-12(11(15)7-9)22(20,21)17-6-5-13-18-16-8-19(13)10-2-3-10/h1,4,7-8,10,17H,2-3,5-6H2. The number of aromatic nitrogens is 3. The Bertz CT molecular complexity index is 789. The van der Waals surface area contributed by atoms with E-state index in [1.54, 1.807) is 6.33 Å². The lowest BCUT2D eigenvalue weighted by Crippen LogP contribution is -2.27. The van der Waals surface area contributed by atoms with E-state index in [2.05, 4.69) is 14.9 Å². The van der Waals surface area contributed by atoms with Gasteiger partial charge in [0.1, 0.15) is 22.9 Å². The first kappa shape index (κ1) is 15.4. The van der Waals surface area contributed by atoms with Crippen LogP contribution in [0.15, 0.2) is 29.4 Å². The van der Waals surface area contributed by atoms with E-state index in [0.29, 0.717) is 12.5 Å². The zero-order valence-corrected chi connectivity index (χ0v) is 13.1. The SMILES string of the molecule is O=S(=O)(NCCc1nncn1C1CC1)c1ccc(Cl)cc1F. The largest absolute Gasteiger partial charge is 0.314 e. The normalized spacial score (nSPS) is 15.2. The van der Waals surface area contributed by atoms with Gasteiger partial charge in [-0.3, -0.25) is 0 Å². The van der Waals surface area contributed by atoms with E-state index in [-0.39, 0.29) is 11.6 Å². The van der Waals surface area contributed by atoms with Gasteiger partial charge in [-0.1, -0.05) is 11.6 Å². The van der Waals surface area contributed by atoms with E-state index in [4.69, 9.17) is 11.6 Å². The summed E-state index contributed by atoms with van der Waals surface area (Å²) in [6.45, 7) is 0.121. The molecule has 1 saturated carbocycles. The van der Waals surface area contributed by atoms with E-state index >= 15 is 0 Å². The van der Waals surface area contributed by atoms with Crippen molar-refractivity contribution in [3.05, 3.63) is 41.2 Å². The van der Waals surface area contributed by atoms with Crippen LogP contribution in [0.1, 0.15) is 24.7 Å². The summed E-state index contributed by atoms with van der Waals surface area (Å²) in [5, 5.41) is 7.97. The minimum atomic E-state index is -3.92. The fraction of sp³-hybridized carbons (Fsp3) is 0.385. The van der Waals surface area contributed by atoms with Crippen molar-refractivity contribution in [2.24, 2.45) is 0 Å². The molecule has 0 bridgehead atoms. The first-order valence-electron chi connectivity index (χ1n) is 6.80. The number of halogens is 2.